The highest BCUT2D eigenvalue weighted by molar-refractivity contribution is 7.84. The van der Waals surface area contributed by atoms with Crippen LogP contribution in [0.25, 0.3) is 6.08 Å². The molecule has 1 atom stereocenters. The maximum Gasteiger partial charge on any atom is 0.333 e. The van der Waals surface area contributed by atoms with Gasteiger partial charge in [0.1, 0.15) is 5.70 Å². The highest BCUT2D eigenvalue weighted by atomic mass is 32.2. The van der Waals surface area contributed by atoms with Crippen LogP contribution in [0, 0.1) is 0 Å². The number of hydrogen-bond acceptors (Lipinski definition) is 4. The van der Waals surface area contributed by atoms with Crippen LogP contribution in [0.15, 0.2) is 59.4 Å². The van der Waals surface area contributed by atoms with Gasteiger partial charge in [0.2, 0.25) is 0 Å². The lowest BCUT2D eigenvalue weighted by molar-refractivity contribution is -0.113. The van der Waals surface area contributed by atoms with Gasteiger partial charge < -0.3 is 5.32 Å². The van der Waals surface area contributed by atoms with Crippen molar-refractivity contribution in [3.8, 4) is 0 Å². The van der Waals surface area contributed by atoms with Crippen LogP contribution in [-0.2, 0) is 15.6 Å². The average molecular weight is 327 g/mol. The number of hydrogen-bond donors (Lipinski definition) is 1. The maximum atomic E-state index is 12.4. The lowest BCUT2D eigenvalue weighted by atomic mass is 10.2. The molecule has 3 rings (SSSR count). The van der Waals surface area contributed by atoms with E-state index in [4.69, 9.17) is 0 Å². The number of anilines is 1. The maximum absolute atomic E-state index is 12.4. The molecule has 1 N–H and O–H groups in total. The zero-order chi connectivity index (χ0) is 16.4. The van der Waals surface area contributed by atoms with Gasteiger partial charge in [-0.2, -0.15) is 0 Å². The number of amides is 3. The number of rotatable bonds is 3. The molecule has 1 saturated heterocycles. The van der Waals surface area contributed by atoms with Gasteiger partial charge in [0, 0.05) is 34.3 Å². The molecular formula is C16H13N3O3S. The second-order valence-corrected chi connectivity index (χ2v) is 6.24. The molecule has 1 aromatic heterocycles. The minimum absolute atomic E-state index is 0.198. The fourth-order valence-corrected chi connectivity index (χ4v) is 2.70. The van der Waals surface area contributed by atoms with Gasteiger partial charge in [-0.15, -0.1) is 0 Å². The van der Waals surface area contributed by atoms with Crippen molar-refractivity contribution in [2.75, 3.05) is 11.2 Å². The number of aromatic nitrogens is 1. The molecule has 2 heterocycles. The molecule has 1 aromatic carbocycles. The topological polar surface area (TPSA) is 79.4 Å². The van der Waals surface area contributed by atoms with Crippen molar-refractivity contribution < 1.29 is 13.8 Å². The fourth-order valence-electron chi connectivity index (χ4n) is 2.18. The minimum atomic E-state index is -1.11. The van der Waals surface area contributed by atoms with Crippen LogP contribution >= 0.6 is 0 Å². The van der Waals surface area contributed by atoms with E-state index in [9.17, 15) is 13.8 Å². The van der Waals surface area contributed by atoms with Crippen molar-refractivity contribution in [3.05, 3.63) is 60.1 Å². The average Bonchev–Trinajstić information content (AvgIpc) is 2.82. The van der Waals surface area contributed by atoms with Crippen LogP contribution in [0.5, 0.6) is 0 Å². The minimum Gasteiger partial charge on any atom is -0.302 e. The van der Waals surface area contributed by atoms with E-state index in [0.717, 1.165) is 10.5 Å². The van der Waals surface area contributed by atoms with E-state index >= 15 is 0 Å². The van der Waals surface area contributed by atoms with Crippen LogP contribution in [-0.4, -0.2) is 27.4 Å². The zero-order valence-corrected chi connectivity index (χ0v) is 13.0. The predicted octanol–water partition coefficient (Wildman–Crippen LogP) is 1.92. The summed E-state index contributed by atoms with van der Waals surface area (Å²) in [5, 5.41) is 2.56. The summed E-state index contributed by atoms with van der Waals surface area (Å²) in [6.07, 6.45) is 6.37. The highest BCUT2D eigenvalue weighted by Crippen LogP contribution is 2.23. The number of imide groups is 1. The molecule has 0 aliphatic carbocycles. The van der Waals surface area contributed by atoms with Gasteiger partial charge in [-0.3, -0.25) is 14.0 Å². The van der Waals surface area contributed by atoms with Gasteiger partial charge in [0.15, 0.2) is 0 Å². The summed E-state index contributed by atoms with van der Waals surface area (Å²) in [5.41, 5.74) is 1.39. The first kappa shape index (κ1) is 15.1. The zero-order valence-electron chi connectivity index (χ0n) is 12.2. The summed E-state index contributed by atoms with van der Waals surface area (Å²) in [6.45, 7) is 0. The summed E-state index contributed by atoms with van der Waals surface area (Å²) in [7, 11) is -1.11. The third kappa shape index (κ3) is 3.04. The van der Waals surface area contributed by atoms with Crippen molar-refractivity contribution in [3.63, 3.8) is 0 Å². The van der Waals surface area contributed by atoms with Gasteiger partial charge in [-0.25, -0.2) is 9.69 Å². The smallest absolute Gasteiger partial charge is 0.302 e. The number of nitrogens with one attached hydrogen (secondary N) is 1. The molecule has 116 valence electrons. The molecule has 23 heavy (non-hydrogen) atoms. The summed E-state index contributed by atoms with van der Waals surface area (Å²) < 4.78 is 11.4. The van der Waals surface area contributed by atoms with Crippen molar-refractivity contribution in [1.29, 1.82) is 0 Å². The summed E-state index contributed by atoms with van der Waals surface area (Å²) in [6, 6.07) is 9.43. The molecule has 0 spiro atoms. The van der Waals surface area contributed by atoms with Gasteiger partial charge >= 0.3 is 6.03 Å². The standard InChI is InChI=1S/C16H13N3O3S/c1-23(22)13-4-2-12(3-5-13)19-15(20)14(18-16(19)21)10-11-6-8-17-9-7-11/h2-10H,1H3,(H,18,21). The monoisotopic (exact) mass is 327 g/mol. The molecule has 7 heteroatoms. The van der Waals surface area contributed by atoms with Gasteiger partial charge in [-0.1, -0.05) is 0 Å². The third-order valence-electron chi connectivity index (χ3n) is 3.32. The van der Waals surface area contributed by atoms with Crippen LogP contribution < -0.4 is 10.2 Å². The van der Waals surface area contributed by atoms with E-state index < -0.39 is 22.7 Å². The number of pyridine rings is 1. The Kier molecular flexibility index (Phi) is 4.03. The SMILES string of the molecule is CS(=O)c1ccc(N2C(=O)NC(=Cc3ccncc3)C2=O)cc1. The second-order valence-electron chi connectivity index (χ2n) is 4.86. The van der Waals surface area contributed by atoms with E-state index in [-0.39, 0.29) is 5.70 Å². The molecule has 1 unspecified atom stereocenters. The lowest BCUT2D eigenvalue weighted by Crippen LogP contribution is -2.30. The first-order valence-corrected chi connectivity index (χ1v) is 8.33. The lowest BCUT2D eigenvalue weighted by Gasteiger charge is -2.11. The van der Waals surface area contributed by atoms with E-state index in [1.165, 1.54) is 0 Å². The summed E-state index contributed by atoms with van der Waals surface area (Å²) in [5.74, 6) is -0.433. The van der Waals surface area contributed by atoms with Crippen LogP contribution in [0.2, 0.25) is 0 Å². The second kappa shape index (κ2) is 6.13. The normalized spacial score (nSPS) is 17.4. The number of carbonyl (C=O) groups excluding carboxylic acids is 2. The Morgan fingerprint density at radius 3 is 2.35 bits per heavy atom. The Bertz CT molecular complexity index is 816. The number of nitrogens with zero attached hydrogens (tertiary/aromatic N) is 2. The van der Waals surface area contributed by atoms with Crippen LogP contribution in [0.4, 0.5) is 10.5 Å². The summed E-state index contributed by atoms with van der Waals surface area (Å²) >= 11 is 0. The van der Waals surface area contributed by atoms with Crippen LogP contribution in [0.3, 0.4) is 0 Å². The van der Waals surface area contributed by atoms with E-state index in [0.29, 0.717) is 10.6 Å². The van der Waals surface area contributed by atoms with E-state index in [2.05, 4.69) is 10.3 Å². The van der Waals surface area contributed by atoms with Gasteiger partial charge in [-0.05, 0) is 48.0 Å². The molecule has 1 fully saturated rings. The number of carbonyl (C=O) groups is 2. The van der Waals surface area contributed by atoms with Crippen molar-refractivity contribution in [1.82, 2.24) is 10.3 Å². The molecule has 0 saturated carbocycles. The molecular weight excluding hydrogens is 314 g/mol. The molecule has 3 amide bonds. The first-order chi connectivity index (χ1) is 11.1. The quantitative estimate of drug-likeness (QED) is 0.690. The predicted molar refractivity (Wildman–Crippen MR) is 87.0 cm³/mol. The van der Waals surface area contributed by atoms with E-state index in [1.807, 2.05) is 0 Å². The molecule has 6 nitrogen and oxygen atoms in total. The summed E-state index contributed by atoms with van der Waals surface area (Å²) in [4.78, 5) is 30.1. The molecule has 1 aliphatic heterocycles. The number of urea groups is 1. The van der Waals surface area contributed by atoms with Crippen LogP contribution in [0.1, 0.15) is 5.56 Å². The highest BCUT2D eigenvalue weighted by Gasteiger charge is 2.34. The van der Waals surface area contributed by atoms with Gasteiger partial charge in [0.25, 0.3) is 5.91 Å². The van der Waals surface area contributed by atoms with E-state index in [1.54, 1.807) is 61.1 Å². The molecule has 2 aromatic rings. The Hall–Kier alpha value is -2.80. The van der Waals surface area contributed by atoms with Crippen molar-refractivity contribution >= 4 is 34.5 Å². The largest absolute Gasteiger partial charge is 0.333 e. The Morgan fingerprint density at radius 1 is 1.09 bits per heavy atom. The molecule has 0 radical (unpaired) electrons. The molecule has 0 bridgehead atoms. The Balaban J connectivity index is 1.90. The van der Waals surface area contributed by atoms with Gasteiger partial charge in [0.05, 0.1) is 5.69 Å². The van der Waals surface area contributed by atoms with Crippen molar-refractivity contribution in [2.24, 2.45) is 0 Å². The first-order valence-electron chi connectivity index (χ1n) is 6.77. The third-order valence-corrected chi connectivity index (χ3v) is 4.26. The van der Waals surface area contributed by atoms with Crippen molar-refractivity contribution in [2.45, 2.75) is 4.90 Å². The Morgan fingerprint density at radius 2 is 1.74 bits per heavy atom. The number of benzene rings is 1. The fraction of sp³-hybridized carbons (Fsp3) is 0.0625. The Labute approximate surface area is 135 Å². The molecule has 1 aliphatic rings.